The first-order valence-corrected chi connectivity index (χ1v) is 6.83. The Morgan fingerprint density at radius 3 is 2.68 bits per heavy atom. The molecule has 1 heterocycles. The van der Waals surface area contributed by atoms with Crippen molar-refractivity contribution in [2.45, 2.75) is 33.6 Å². The van der Waals surface area contributed by atoms with Crippen LogP contribution in [0.2, 0.25) is 5.15 Å². The molecule has 100 valence electrons. The fraction of sp³-hybridized carbons (Fsp3) is 0.333. The lowest BCUT2D eigenvalue weighted by molar-refractivity contribution is 0.904. The summed E-state index contributed by atoms with van der Waals surface area (Å²) in [6, 6.07) is 6.29. The molecule has 0 aliphatic rings. The van der Waals surface area contributed by atoms with E-state index in [9.17, 15) is 0 Å². The molecule has 3 nitrogen and oxygen atoms in total. The topological polar surface area (TPSA) is 37.8 Å². The Hall–Kier alpha value is -1.61. The molecule has 0 spiro atoms. The number of rotatable bonds is 4. The lowest BCUT2D eigenvalue weighted by Crippen LogP contribution is -2.02. The second-order valence-electron chi connectivity index (χ2n) is 4.69. The van der Waals surface area contributed by atoms with Crippen LogP contribution in [-0.2, 0) is 6.42 Å². The Morgan fingerprint density at radius 2 is 2.00 bits per heavy atom. The molecule has 0 amide bonds. The molecular weight excluding hydrogens is 258 g/mol. The zero-order valence-corrected chi connectivity index (χ0v) is 12.3. The molecule has 19 heavy (non-hydrogen) atoms. The number of hydrogen-bond donors (Lipinski definition) is 1. The van der Waals surface area contributed by atoms with Gasteiger partial charge in [-0.3, -0.25) is 0 Å². The number of hydrogen-bond acceptors (Lipinski definition) is 3. The highest BCUT2D eigenvalue weighted by Gasteiger charge is 2.10. The molecule has 1 N–H and O–H groups in total. The minimum Gasteiger partial charge on any atom is -0.340 e. The van der Waals surface area contributed by atoms with Crippen LogP contribution in [0.25, 0.3) is 0 Å². The molecule has 0 atom stereocenters. The summed E-state index contributed by atoms with van der Waals surface area (Å²) in [7, 11) is 0. The lowest BCUT2D eigenvalue weighted by atomic mass is 10.1. The van der Waals surface area contributed by atoms with Crippen molar-refractivity contribution in [3.05, 3.63) is 46.4 Å². The zero-order valence-electron chi connectivity index (χ0n) is 11.5. The summed E-state index contributed by atoms with van der Waals surface area (Å²) in [6.07, 6.45) is 3.37. The SMILES string of the molecule is CCCc1c(Cl)ncnc1Nc1ccc(C)cc1C. The zero-order chi connectivity index (χ0) is 13.8. The van der Waals surface area contributed by atoms with Crippen LogP contribution >= 0.6 is 11.6 Å². The number of aromatic nitrogens is 2. The Bertz CT molecular complexity index is 582. The maximum Gasteiger partial charge on any atom is 0.138 e. The second kappa shape index (κ2) is 6.02. The van der Waals surface area contributed by atoms with Crippen LogP contribution in [0, 0.1) is 13.8 Å². The molecular formula is C15H18ClN3. The monoisotopic (exact) mass is 275 g/mol. The van der Waals surface area contributed by atoms with E-state index in [2.05, 4.69) is 54.3 Å². The van der Waals surface area contributed by atoms with E-state index in [4.69, 9.17) is 11.6 Å². The van der Waals surface area contributed by atoms with Crippen LogP contribution in [0.15, 0.2) is 24.5 Å². The van der Waals surface area contributed by atoms with E-state index in [0.29, 0.717) is 5.15 Å². The van der Waals surface area contributed by atoms with Gasteiger partial charge in [-0.15, -0.1) is 0 Å². The van der Waals surface area contributed by atoms with Gasteiger partial charge in [0.15, 0.2) is 0 Å². The maximum absolute atomic E-state index is 6.15. The van der Waals surface area contributed by atoms with Gasteiger partial charge in [0.1, 0.15) is 17.3 Å². The van der Waals surface area contributed by atoms with Crippen LogP contribution in [0.4, 0.5) is 11.5 Å². The predicted octanol–water partition coefficient (Wildman–Crippen LogP) is 4.44. The van der Waals surface area contributed by atoms with Gasteiger partial charge in [-0.2, -0.15) is 0 Å². The molecule has 0 saturated heterocycles. The van der Waals surface area contributed by atoms with E-state index in [-0.39, 0.29) is 0 Å². The average Bonchev–Trinajstić information content (AvgIpc) is 2.37. The van der Waals surface area contributed by atoms with Gasteiger partial charge in [0.2, 0.25) is 0 Å². The number of anilines is 2. The maximum atomic E-state index is 6.15. The summed E-state index contributed by atoms with van der Waals surface area (Å²) in [6.45, 7) is 6.28. The van der Waals surface area contributed by atoms with Crippen molar-refractivity contribution in [3.63, 3.8) is 0 Å². The van der Waals surface area contributed by atoms with Crippen LogP contribution in [0.1, 0.15) is 30.0 Å². The van der Waals surface area contributed by atoms with Gasteiger partial charge in [0, 0.05) is 11.3 Å². The number of aryl methyl sites for hydroxylation is 2. The van der Waals surface area contributed by atoms with Crippen molar-refractivity contribution < 1.29 is 0 Å². The van der Waals surface area contributed by atoms with E-state index >= 15 is 0 Å². The summed E-state index contributed by atoms with van der Waals surface area (Å²) in [5, 5.41) is 3.89. The van der Waals surface area contributed by atoms with E-state index in [1.54, 1.807) is 0 Å². The third-order valence-corrected chi connectivity index (χ3v) is 3.35. The van der Waals surface area contributed by atoms with Gasteiger partial charge in [-0.05, 0) is 31.9 Å². The van der Waals surface area contributed by atoms with Crippen molar-refractivity contribution in [3.8, 4) is 0 Å². The summed E-state index contributed by atoms with van der Waals surface area (Å²) >= 11 is 6.15. The molecule has 0 unspecified atom stereocenters. The minimum absolute atomic E-state index is 0.532. The molecule has 0 radical (unpaired) electrons. The summed E-state index contributed by atoms with van der Waals surface area (Å²) in [5.74, 6) is 0.800. The average molecular weight is 276 g/mol. The van der Waals surface area contributed by atoms with Gasteiger partial charge in [-0.1, -0.05) is 42.6 Å². The van der Waals surface area contributed by atoms with E-state index in [1.165, 1.54) is 17.5 Å². The Morgan fingerprint density at radius 1 is 1.21 bits per heavy atom. The van der Waals surface area contributed by atoms with Crippen LogP contribution in [-0.4, -0.2) is 9.97 Å². The third-order valence-electron chi connectivity index (χ3n) is 3.03. The first-order valence-electron chi connectivity index (χ1n) is 6.45. The van der Waals surface area contributed by atoms with Crippen molar-refractivity contribution in [2.75, 3.05) is 5.32 Å². The second-order valence-corrected chi connectivity index (χ2v) is 5.04. The van der Waals surface area contributed by atoms with Gasteiger partial charge < -0.3 is 5.32 Å². The fourth-order valence-electron chi connectivity index (χ4n) is 2.05. The number of nitrogens with zero attached hydrogens (tertiary/aromatic N) is 2. The van der Waals surface area contributed by atoms with E-state index in [1.807, 2.05) is 0 Å². The fourth-order valence-corrected chi connectivity index (χ4v) is 2.28. The molecule has 1 aromatic heterocycles. The first-order chi connectivity index (χ1) is 9.11. The Labute approximate surface area is 119 Å². The smallest absolute Gasteiger partial charge is 0.138 e. The Kier molecular flexibility index (Phi) is 4.38. The standard InChI is InChI=1S/C15H18ClN3/c1-4-5-12-14(16)17-9-18-15(12)19-13-7-6-10(2)8-11(13)3/h6-9H,4-5H2,1-3H3,(H,17,18,19). The number of benzene rings is 1. The van der Waals surface area contributed by atoms with Gasteiger partial charge in [-0.25, -0.2) is 9.97 Å². The highest BCUT2D eigenvalue weighted by molar-refractivity contribution is 6.30. The lowest BCUT2D eigenvalue weighted by Gasteiger charge is -2.13. The molecule has 1 aromatic carbocycles. The quantitative estimate of drug-likeness (QED) is 0.838. The molecule has 2 aromatic rings. The highest BCUT2D eigenvalue weighted by atomic mass is 35.5. The van der Waals surface area contributed by atoms with Gasteiger partial charge >= 0.3 is 0 Å². The third kappa shape index (κ3) is 3.24. The van der Waals surface area contributed by atoms with Crippen molar-refractivity contribution >= 4 is 23.1 Å². The molecule has 0 saturated carbocycles. The van der Waals surface area contributed by atoms with Crippen LogP contribution < -0.4 is 5.32 Å². The first kappa shape index (κ1) is 13.8. The predicted molar refractivity (Wildman–Crippen MR) is 80.2 cm³/mol. The van der Waals surface area contributed by atoms with Crippen molar-refractivity contribution in [1.82, 2.24) is 9.97 Å². The van der Waals surface area contributed by atoms with Gasteiger partial charge in [0.25, 0.3) is 0 Å². The number of nitrogens with one attached hydrogen (secondary N) is 1. The van der Waals surface area contributed by atoms with Crippen LogP contribution in [0.3, 0.4) is 0 Å². The number of halogens is 1. The Balaban J connectivity index is 2.35. The van der Waals surface area contributed by atoms with Crippen molar-refractivity contribution in [1.29, 1.82) is 0 Å². The molecule has 2 rings (SSSR count). The van der Waals surface area contributed by atoms with E-state index < -0.39 is 0 Å². The molecule has 0 aliphatic carbocycles. The van der Waals surface area contributed by atoms with Gasteiger partial charge in [0.05, 0.1) is 0 Å². The molecule has 0 aliphatic heterocycles. The molecule has 0 fully saturated rings. The summed E-state index contributed by atoms with van der Waals surface area (Å²) < 4.78 is 0. The molecule has 4 heteroatoms. The van der Waals surface area contributed by atoms with E-state index in [0.717, 1.165) is 29.9 Å². The minimum atomic E-state index is 0.532. The largest absolute Gasteiger partial charge is 0.340 e. The normalized spacial score (nSPS) is 10.5. The summed E-state index contributed by atoms with van der Waals surface area (Å²) in [5.41, 5.74) is 4.47. The highest BCUT2D eigenvalue weighted by Crippen LogP contribution is 2.26. The molecule has 0 bridgehead atoms. The summed E-state index contributed by atoms with van der Waals surface area (Å²) in [4.78, 5) is 8.36. The van der Waals surface area contributed by atoms with Crippen LogP contribution in [0.5, 0.6) is 0 Å². The van der Waals surface area contributed by atoms with Crippen molar-refractivity contribution in [2.24, 2.45) is 0 Å².